The van der Waals surface area contributed by atoms with Crippen LogP contribution >= 0.6 is 24.0 Å². The quantitative estimate of drug-likeness (QED) is 0.541. The number of benzene rings is 2. The molecule has 0 saturated carbocycles. The van der Waals surface area contributed by atoms with E-state index in [0.717, 1.165) is 16.5 Å². The molecule has 1 aromatic heterocycles. The third kappa shape index (κ3) is 3.01. The Morgan fingerprint density at radius 3 is 2.72 bits per heavy atom. The lowest BCUT2D eigenvalue weighted by atomic mass is 10.1. The number of anilines is 1. The highest BCUT2D eigenvalue weighted by Gasteiger charge is 2.33. The van der Waals surface area contributed by atoms with Gasteiger partial charge >= 0.3 is 0 Å². The average Bonchev–Trinajstić information content (AvgIpc) is 2.89. The Kier molecular flexibility index (Phi) is 3.99. The Morgan fingerprint density at radius 2 is 1.92 bits per heavy atom. The number of pyridine rings is 1. The van der Waals surface area contributed by atoms with E-state index in [2.05, 4.69) is 4.98 Å². The average molecular weight is 364 g/mol. The van der Waals surface area contributed by atoms with Gasteiger partial charge in [-0.2, -0.15) is 0 Å². The summed E-state index contributed by atoms with van der Waals surface area (Å²) in [5, 5.41) is 10.4. The van der Waals surface area contributed by atoms with E-state index in [9.17, 15) is 9.90 Å². The molecule has 1 fully saturated rings. The molecule has 0 spiro atoms. The van der Waals surface area contributed by atoms with Gasteiger partial charge in [0.1, 0.15) is 5.75 Å². The molecule has 0 bridgehead atoms. The Balaban J connectivity index is 1.68. The minimum absolute atomic E-state index is 0.148. The molecular formula is C19H12N2O2S2. The van der Waals surface area contributed by atoms with Crippen LogP contribution in [0.4, 0.5) is 5.69 Å². The minimum Gasteiger partial charge on any atom is -0.508 e. The second-order valence-electron chi connectivity index (χ2n) is 5.49. The molecule has 1 aliphatic rings. The number of hydrogen-bond acceptors (Lipinski definition) is 5. The number of phenols is 1. The van der Waals surface area contributed by atoms with Crippen LogP contribution in [0.3, 0.4) is 0 Å². The largest absolute Gasteiger partial charge is 0.508 e. The van der Waals surface area contributed by atoms with E-state index >= 15 is 0 Å². The van der Waals surface area contributed by atoms with E-state index in [1.165, 1.54) is 28.8 Å². The van der Waals surface area contributed by atoms with E-state index in [0.29, 0.717) is 14.9 Å². The Hall–Kier alpha value is -2.70. The van der Waals surface area contributed by atoms with Gasteiger partial charge in [-0.1, -0.05) is 36.1 Å². The van der Waals surface area contributed by atoms with Crippen LogP contribution < -0.4 is 4.90 Å². The molecule has 1 aliphatic heterocycles. The molecule has 2 heterocycles. The summed E-state index contributed by atoms with van der Waals surface area (Å²) in [7, 11) is 0. The van der Waals surface area contributed by atoms with Gasteiger partial charge < -0.3 is 5.11 Å². The van der Waals surface area contributed by atoms with E-state index in [1.54, 1.807) is 18.3 Å². The molecule has 3 aromatic rings. The number of amides is 1. The molecule has 4 nitrogen and oxygen atoms in total. The molecule has 4 rings (SSSR count). The van der Waals surface area contributed by atoms with Crippen molar-refractivity contribution in [3.63, 3.8) is 0 Å². The van der Waals surface area contributed by atoms with E-state index in [1.807, 2.05) is 36.4 Å². The molecule has 25 heavy (non-hydrogen) atoms. The number of carbonyl (C=O) groups is 1. The standard InChI is InChI=1S/C19H12N2O2S2/c22-15-6-4-14(5-7-15)21-18(23)17(25-19(21)24)11-12-3-8-16-13(10-12)2-1-9-20-16/h1-11,22H/b17-11-. The zero-order valence-electron chi connectivity index (χ0n) is 12.9. The summed E-state index contributed by atoms with van der Waals surface area (Å²) in [6.45, 7) is 0. The van der Waals surface area contributed by atoms with Crippen molar-refractivity contribution in [3.05, 3.63) is 71.3 Å². The van der Waals surface area contributed by atoms with Gasteiger partial charge in [-0.15, -0.1) is 0 Å². The summed E-state index contributed by atoms with van der Waals surface area (Å²) in [5.41, 5.74) is 2.48. The van der Waals surface area contributed by atoms with Crippen molar-refractivity contribution < 1.29 is 9.90 Å². The highest BCUT2D eigenvalue weighted by atomic mass is 32.2. The molecule has 0 aliphatic carbocycles. The monoisotopic (exact) mass is 364 g/mol. The summed E-state index contributed by atoms with van der Waals surface area (Å²) in [6, 6.07) is 16.1. The van der Waals surface area contributed by atoms with Crippen LogP contribution in [0.2, 0.25) is 0 Å². The SMILES string of the molecule is O=C1/C(=C/c2ccc3ncccc3c2)SC(=S)N1c1ccc(O)cc1. The summed E-state index contributed by atoms with van der Waals surface area (Å²) in [4.78, 5) is 19.1. The van der Waals surface area contributed by atoms with Crippen LogP contribution in [0, 0.1) is 0 Å². The zero-order valence-corrected chi connectivity index (χ0v) is 14.6. The van der Waals surface area contributed by atoms with Crippen molar-refractivity contribution in [2.75, 3.05) is 4.90 Å². The number of aromatic hydroxyl groups is 1. The Labute approximate surface area is 153 Å². The molecule has 1 amide bonds. The number of carbonyl (C=O) groups excluding carboxylic acids is 1. The van der Waals surface area contributed by atoms with Crippen LogP contribution in [-0.2, 0) is 4.79 Å². The molecule has 0 unspecified atom stereocenters. The van der Waals surface area contributed by atoms with Crippen LogP contribution in [0.1, 0.15) is 5.56 Å². The fourth-order valence-corrected chi connectivity index (χ4v) is 3.93. The first-order valence-electron chi connectivity index (χ1n) is 7.53. The van der Waals surface area contributed by atoms with Crippen molar-refractivity contribution in [1.82, 2.24) is 4.98 Å². The van der Waals surface area contributed by atoms with Crippen LogP contribution in [0.15, 0.2) is 65.7 Å². The van der Waals surface area contributed by atoms with Gasteiger partial charge in [-0.3, -0.25) is 14.7 Å². The lowest BCUT2D eigenvalue weighted by Crippen LogP contribution is -2.27. The van der Waals surface area contributed by atoms with E-state index in [-0.39, 0.29) is 11.7 Å². The van der Waals surface area contributed by atoms with Gasteiger partial charge in [0, 0.05) is 11.6 Å². The molecular weight excluding hydrogens is 352 g/mol. The predicted molar refractivity (Wildman–Crippen MR) is 106 cm³/mol. The maximum absolute atomic E-state index is 12.7. The van der Waals surface area contributed by atoms with Gasteiger partial charge in [-0.05, 0) is 54.1 Å². The second-order valence-corrected chi connectivity index (χ2v) is 7.16. The first-order valence-corrected chi connectivity index (χ1v) is 8.76. The number of nitrogens with zero attached hydrogens (tertiary/aromatic N) is 2. The smallest absolute Gasteiger partial charge is 0.270 e. The van der Waals surface area contributed by atoms with Crippen LogP contribution in [0.25, 0.3) is 17.0 Å². The Bertz CT molecular complexity index is 1030. The van der Waals surface area contributed by atoms with E-state index < -0.39 is 0 Å². The van der Waals surface area contributed by atoms with Crippen LogP contribution in [-0.4, -0.2) is 20.3 Å². The topological polar surface area (TPSA) is 53.4 Å². The van der Waals surface area contributed by atoms with Gasteiger partial charge in [0.05, 0.1) is 16.1 Å². The van der Waals surface area contributed by atoms with E-state index in [4.69, 9.17) is 12.2 Å². The molecule has 0 radical (unpaired) electrons. The van der Waals surface area contributed by atoms with Crippen molar-refractivity contribution in [2.24, 2.45) is 0 Å². The molecule has 122 valence electrons. The molecule has 1 saturated heterocycles. The van der Waals surface area contributed by atoms with Crippen molar-refractivity contribution in [1.29, 1.82) is 0 Å². The highest BCUT2D eigenvalue weighted by molar-refractivity contribution is 8.27. The maximum Gasteiger partial charge on any atom is 0.270 e. The second kappa shape index (κ2) is 6.31. The molecule has 2 aromatic carbocycles. The predicted octanol–water partition coefficient (Wildman–Crippen LogP) is 4.35. The minimum atomic E-state index is -0.160. The van der Waals surface area contributed by atoms with Gasteiger partial charge in [0.15, 0.2) is 4.32 Å². The normalized spacial score (nSPS) is 16.2. The fourth-order valence-electron chi connectivity index (χ4n) is 2.63. The number of phenolic OH excluding ortho intramolecular Hbond substituents is 1. The highest BCUT2D eigenvalue weighted by Crippen LogP contribution is 2.36. The Morgan fingerprint density at radius 1 is 1.12 bits per heavy atom. The molecule has 6 heteroatoms. The van der Waals surface area contributed by atoms with Gasteiger partial charge in [-0.25, -0.2) is 0 Å². The molecule has 0 atom stereocenters. The van der Waals surface area contributed by atoms with Crippen molar-refractivity contribution in [3.8, 4) is 5.75 Å². The summed E-state index contributed by atoms with van der Waals surface area (Å²) in [5.74, 6) is -0.0125. The third-order valence-corrected chi connectivity index (χ3v) is 5.13. The summed E-state index contributed by atoms with van der Waals surface area (Å²) >= 11 is 6.63. The number of fused-ring (bicyclic) bond motifs is 1. The lowest BCUT2D eigenvalue weighted by molar-refractivity contribution is -0.113. The molecule has 1 N–H and O–H groups in total. The maximum atomic E-state index is 12.7. The number of aromatic nitrogens is 1. The summed E-state index contributed by atoms with van der Waals surface area (Å²) < 4.78 is 0.476. The zero-order chi connectivity index (χ0) is 17.4. The number of hydrogen-bond donors (Lipinski definition) is 1. The van der Waals surface area contributed by atoms with Crippen molar-refractivity contribution >= 4 is 56.9 Å². The van der Waals surface area contributed by atoms with Crippen molar-refractivity contribution in [2.45, 2.75) is 0 Å². The fraction of sp³-hybridized carbons (Fsp3) is 0. The van der Waals surface area contributed by atoms with Crippen LogP contribution in [0.5, 0.6) is 5.75 Å². The first-order chi connectivity index (χ1) is 12.1. The van der Waals surface area contributed by atoms with Gasteiger partial charge in [0.25, 0.3) is 5.91 Å². The first kappa shape index (κ1) is 15.8. The number of thiocarbonyl (C=S) groups is 1. The number of thioether (sulfide) groups is 1. The number of rotatable bonds is 2. The summed E-state index contributed by atoms with van der Waals surface area (Å²) in [6.07, 6.45) is 3.59. The van der Waals surface area contributed by atoms with Gasteiger partial charge in [0.2, 0.25) is 0 Å². The lowest BCUT2D eigenvalue weighted by Gasteiger charge is -2.14. The third-order valence-electron chi connectivity index (χ3n) is 3.83.